The number of hydrogen-bond acceptors (Lipinski definition) is 12. The molecule has 2 unspecified atom stereocenters. The summed E-state index contributed by atoms with van der Waals surface area (Å²) in [4.78, 5) is 24.5. The molecule has 4 N–H and O–H groups in total. The minimum atomic E-state index is 0.137. The van der Waals surface area contributed by atoms with E-state index in [1.807, 2.05) is 48.5 Å². The van der Waals surface area contributed by atoms with Crippen LogP contribution in [-0.4, -0.2) is 83.8 Å². The van der Waals surface area contributed by atoms with E-state index in [1.54, 1.807) is 14.2 Å². The molecule has 4 heterocycles. The first kappa shape index (κ1) is 31.6. The molecule has 2 aromatic heterocycles. The van der Waals surface area contributed by atoms with Crippen LogP contribution in [0.5, 0.6) is 11.5 Å². The van der Waals surface area contributed by atoms with Crippen molar-refractivity contribution in [3.63, 3.8) is 0 Å². The predicted molar refractivity (Wildman–Crippen MR) is 180 cm³/mol. The summed E-state index contributed by atoms with van der Waals surface area (Å²) in [5, 5.41) is 27.0. The molecule has 4 aromatic rings. The van der Waals surface area contributed by atoms with E-state index in [4.69, 9.17) is 29.4 Å². The standard InChI is InChI=1S/C34H44N8O4/c1-45-27-11-7-23(8-12-27)17-35-31-29-30(38-33(39-31)41-15-3-5-25(19-41)21-43)32(36-18-24-9-13-28(46-2)14-10-24)40-34(37-29)42-16-4-6-26(20-42)22-44/h7-14,25-26,43-44H,3-6,15-22H2,1-2H3,(H,35,38,39)(H,36,37,40). The third-order valence-corrected chi connectivity index (χ3v) is 8.88. The summed E-state index contributed by atoms with van der Waals surface area (Å²) in [5.74, 6) is 4.37. The number of anilines is 4. The fourth-order valence-corrected chi connectivity index (χ4v) is 6.17. The Kier molecular flexibility index (Phi) is 10.1. The molecule has 0 bridgehead atoms. The molecule has 244 valence electrons. The largest absolute Gasteiger partial charge is 0.497 e. The zero-order chi connectivity index (χ0) is 31.9. The number of rotatable bonds is 12. The topological polar surface area (TPSA) is 141 Å². The number of piperidine rings is 2. The van der Waals surface area contributed by atoms with Gasteiger partial charge in [-0.2, -0.15) is 9.97 Å². The third kappa shape index (κ3) is 7.34. The molecular formula is C34H44N8O4. The van der Waals surface area contributed by atoms with E-state index >= 15 is 0 Å². The number of aromatic nitrogens is 4. The van der Waals surface area contributed by atoms with Crippen molar-refractivity contribution in [3.05, 3.63) is 59.7 Å². The lowest BCUT2D eigenvalue weighted by atomic mass is 9.99. The van der Waals surface area contributed by atoms with Crippen LogP contribution in [0.25, 0.3) is 11.0 Å². The molecule has 2 aliphatic rings. The molecule has 0 spiro atoms. The van der Waals surface area contributed by atoms with Crippen molar-refractivity contribution in [1.29, 1.82) is 0 Å². The molecule has 46 heavy (non-hydrogen) atoms. The minimum Gasteiger partial charge on any atom is -0.497 e. The van der Waals surface area contributed by atoms with Crippen molar-refractivity contribution >= 4 is 34.6 Å². The summed E-state index contributed by atoms with van der Waals surface area (Å²) in [7, 11) is 3.32. The number of ether oxygens (including phenoxy) is 2. The molecule has 2 fully saturated rings. The van der Waals surface area contributed by atoms with Gasteiger partial charge in [-0.1, -0.05) is 24.3 Å². The molecule has 0 amide bonds. The maximum atomic E-state index is 9.93. The highest BCUT2D eigenvalue weighted by molar-refractivity contribution is 5.94. The molecule has 2 saturated heterocycles. The summed E-state index contributed by atoms with van der Waals surface area (Å²) in [6.45, 7) is 4.32. The van der Waals surface area contributed by atoms with Crippen molar-refractivity contribution < 1.29 is 19.7 Å². The van der Waals surface area contributed by atoms with Gasteiger partial charge in [-0.25, -0.2) is 9.97 Å². The van der Waals surface area contributed by atoms with Crippen LogP contribution >= 0.6 is 0 Å². The Morgan fingerprint density at radius 3 is 1.43 bits per heavy atom. The summed E-state index contributed by atoms with van der Waals surface area (Å²) in [5.41, 5.74) is 3.39. The second kappa shape index (κ2) is 14.8. The monoisotopic (exact) mass is 628 g/mol. The molecule has 12 nitrogen and oxygen atoms in total. The van der Waals surface area contributed by atoms with E-state index in [9.17, 15) is 10.2 Å². The number of hydrogen-bond donors (Lipinski definition) is 4. The van der Waals surface area contributed by atoms with Crippen molar-refractivity contribution in [2.75, 3.05) is 74.0 Å². The lowest BCUT2D eigenvalue weighted by Crippen LogP contribution is -2.38. The number of methoxy groups -OCH3 is 2. The first-order chi connectivity index (χ1) is 22.6. The molecule has 0 aliphatic carbocycles. The van der Waals surface area contributed by atoms with Gasteiger partial charge in [0.1, 0.15) is 22.5 Å². The zero-order valence-electron chi connectivity index (χ0n) is 26.7. The number of nitrogens with one attached hydrogen (secondary N) is 2. The quantitative estimate of drug-likeness (QED) is 0.180. The fourth-order valence-electron chi connectivity index (χ4n) is 6.17. The van der Waals surface area contributed by atoms with Crippen LogP contribution in [0, 0.1) is 11.8 Å². The lowest BCUT2D eigenvalue weighted by Gasteiger charge is -2.33. The molecule has 6 rings (SSSR count). The fraction of sp³-hybridized carbons (Fsp3) is 0.471. The Morgan fingerprint density at radius 1 is 0.652 bits per heavy atom. The Labute approximate surface area is 269 Å². The number of aliphatic hydroxyl groups excluding tert-OH is 2. The van der Waals surface area contributed by atoms with Gasteiger partial charge in [0.05, 0.1) is 14.2 Å². The summed E-state index contributed by atoms with van der Waals surface area (Å²) >= 11 is 0. The first-order valence-electron chi connectivity index (χ1n) is 16.1. The lowest BCUT2D eigenvalue weighted by molar-refractivity contribution is 0.208. The Balaban J connectivity index is 1.42. The third-order valence-electron chi connectivity index (χ3n) is 8.88. The summed E-state index contributed by atoms with van der Waals surface area (Å²) < 4.78 is 10.7. The maximum absolute atomic E-state index is 9.93. The molecule has 2 atom stereocenters. The van der Waals surface area contributed by atoms with Crippen LogP contribution in [0.1, 0.15) is 36.8 Å². The molecule has 0 radical (unpaired) electrons. The van der Waals surface area contributed by atoms with Gasteiger partial charge in [0.15, 0.2) is 11.6 Å². The van der Waals surface area contributed by atoms with E-state index in [2.05, 4.69) is 20.4 Å². The predicted octanol–water partition coefficient (Wildman–Crippen LogP) is 4.08. The smallest absolute Gasteiger partial charge is 0.228 e. The highest BCUT2D eigenvalue weighted by Gasteiger charge is 2.27. The molecule has 12 heteroatoms. The van der Waals surface area contributed by atoms with Gasteiger partial charge >= 0.3 is 0 Å². The van der Waals surface area contributed by atoms with Crippen LogP contribution in [-0.2, 0) is 13.1 Å². The van der Waals surface area contributed by atoms with Gasteiger partial charge in [-0.3, -0.25) is 0 Å². The number of benzene rings is 2. The van der Waals surface area contributed by atoms with Crippen LogP contribution in [0.4, 0.5) is 23.5 Å². The minimum absolute atomic E-state index is 0.137. The van der Waals surface area contributed by atoms with Gasteiger partial charge in [-0.05, 0) is 72.9 Å². The van der Waals surface area contributed by atoms with Gasteiger partial charge < -0.3 is 40.1 Å². The van der Waals surface area contributed by atoms with E-state index in [-0.39, 0.29) is 25.0 Å². The van der Waals surface area contributed by atoms with Crippen molar-refractivity contribution in [3.8, 4) is 11.5 Å². The van der Waals surface area contributed by atoms with Gasteiger partial charge in [0, 0.05) is 52.5 Å². The molecule has 2 aromatic carbocycles. The Hall–Kier alpha value is -4.42. The first-order valence-corrected chi connectivity index (χ1v) is 16.1. The molecule has 0 saturated carbocycles. The van der Waals surface area contributed by atoms with Crippen LogP contribution in [0.3, 0.4) is 0 Å². The average molecular weight is 629 g/mol. The van der Waals surface area contributed by atoms with Gasteiger partial charge in [0.2, 0.25) is 11.9 Å². The second-order valence-corrected chi connectivity index (χ2v) is 12.1. The van der Waals surface area contributed by atoms with Crippen LogP contribution in [0.2, 0.25) is 0 Å². The highest BCUT2D eigenvalue weighted by atomic mass is 16.5. The normalized spacial score (nSPS) is 18.4. The molecular weight excluding hydrogens is 584 g/mol. The summed E-state index contributed by atoms with van der Waals surface area (Å²) in [6, 6.07) is 15.9. The van der Waals surface area contributed by atoms with Crippen LogP contribution in [0.15, 0.2) is 48.5 Å². The van der Waals surface area contributed by atoms with Gasteiger partial charge in [-0.15, -0.1) is 0 Å². The number of aliphatic hydroxyl groups is 2. The van der Waals surface area contributed by atoms with Crippen molar-refractivity contribution in [2.45, 2.75) is 38.8 Å². The number of fused-ring (bicyclic) bond motifs is 1. The van der Waals surface area contributed by atoms with Crippen LogP contribution < -0.4 is 29.9 Å². The SMILES string of the molecule is COc1ccc(CNc2nc(N3CCCC(CO)C3)nc3c(NCc4ccc(OC)cc4)nc(N4CCCC(CO)C4)nc23)cc1. The highest BCUT2D eigenvalue weighted by Crippen LogP contribution is 2.32. The average Bonchev–Trinajstić information content (AvgIpc) is 3.13. The van der Waals surface area contributed by atoms with Crippen molar-refractivity contribution in [2.24, 2.45) is 11.8 Å². The van der Waals surface area contributed by atoms with Crippen molar-refractivity contribution in [1.82, 2.24) is 19.9 Å². The van der Waals surface area contributed by atoms with E-state index in [0.717, 1.165) is 61.4 Å². The van der Waals surface area contributed by atoms with E-state index < -0.39 is 0 Å². The molecule has 2 aliphatic heterocycles. The second-order valence-electron chi connectivity index (χ2n) is 12.1. The Morgan fingerprint density at radius 2 is 1.07 bits per heavy atom. The zero-order valence-corrected chi connectivity index (χ0v) is 26.7. The number of nitrogens with zero attached hydrogens (tertiary/aromatic N) is 6. The van der Waals surface area contributed by atoms with E-state index in [0.29, 0.717) is 60.7 Å². The maximum Gasteiger partial charge on any atom is 0.228 e. The Bertz CT molecular complexity index is 1470. The van der Waals surface area contributed by atoms with Gasteiger partial charge in [0.25, 0.3) is 0 Å². The summed E-state index contributed by atoms with van der Waals surface area (Å²) in [6.07, 6.45) is 3.88. The van der Waals surface area contributed by atoms with E-state index in [1.165, 1.54) is 0 Å².